The van der Waals surface area contributed by atoms with Crippen molar-refractivity contribution in [3.05, 3.63) is 35.9 Å². The van der Waals surface area contributed by atoms with Gasteiger partial charge in [-0.05, 0) is 24.2 Å². The molecule has 4 N–H and O–H groups in total. The van der Waals surface area contributed by atoms with Crippen LogP contribution in [0.15, 0.2) is 35.3 Å². The first-order chi connectivity index (χ1) is 7.25. The molecule has 0 amide bonds. The molecule has 0 aromatic heterocycles. The van der Waals surface area contributed by atoms with E-state index in [2.05, 4.69) is 15.0 Å². The number of rotatable bonds is 2. The number of nitrogens with zero attached hydrogens (tertiary/aromatic N) is 1. The van der Waals surface area contributed by atoms with Gasteiger partial charge in [0.25, 0.3) is 0 Å². The maximum Gasteiger partial charge on any atom is 0.186 e. The third kappa shape index (κ3) is 2.68. The van der Waals surface area contributed by atoms with Crippen LogP contribution in [0, 0.1) is 0 Å². The zero-order valence-electron chi connectivity index (χ0n) is 7.81. The molecule has 0 radical (unpaired) electrons. The Kier molecular flexibility index (Phi) is 3.20. The molecule has 0 spiro atoms. The summed E-state index contributed by atoms with van der Waals surface area (Å²) in [6.07, 6.45) is -0.234. The van der Waals surface area contributed by atoms with Gasteiger partial charge in [-0.3, -0.25) is 0 Å². The molecule has 1 atom stereocenters. The van der Waals surface area contributed by atoms with E-state index in [9.17, 15) is 0 Å². The SMILES string of the molecule is NC(=S)NC1N=C(c2ccccc2)SN1. The molecule has 0 aliphatic carbocycles. The van der Waals surface area contributed by atoms with Crippen LogP contribution in [0.5, 0.6) is 0 Å². The third-order valence-electron chi connectivity index (χ3n) is 1.81. The Morgan fingerprint density at radius 2 is 2.20 bits per heavy atom. The van der Waals surface area contributed by atoms with E-state index in [-0.39, 0.29) is 11.4 Å². The molecular weight excluding hydrogens is 228 g/mol. The lowest BCUT2D eigenvalue weighted by molar-refractivity contribution is 0.639. The zero-order valence-corrected chi connectivity index (χ0v) is 9.44. The van der Waals surface area contributed by atoms with Crippen molar-refractivity contribution in [2.75, 3.05) is 0 Å². The summed E-state index contributed by atoms with van der Waals surface area (Å²) in [5, 5.41) is 4.01. The van der Waals surface area contributed by atoms with Crippen LogP contribution in [0.4, 0.5) is 0 Å². The van der Waals surface area contributed by atoms with Crippen LogP contribution >= 0.6 is 24.2 Å². The highest BCUT2D eigenvalue weighted by atomic mass is 32.2. The minimum atomic E-state index is -0.234. The van der Waals surface area contributed by atoms with Crippen LogP contribution in [0.1, 0.15) is 5.56 Å². The molecule has 0 fully saturated rings. The van der Waals surface area contributed by atoms with E-state index in [4.69, 9.17) is 18.0 Å². The third-order valence-corrected chi connectivity index (χ3v) is 2.81. The second-order valence-corrected chi connectivity index (χ2v) is 4.20. The average molecular weight is 238 g/mol. The highest BCUT2D eigenvalue weighted by Gasteiger charge is 2.18. The minimum Gasteiger partial charge on any atom is -0.376 e. The zero-order chi connectivity index (χ0) is 10.7. The van der Waals surface area contributed by atoms with Crippen molar-refractivity contribution in [3.63, 3.8) is 0 Å². The van der Waals surface area contributed by atoms with Gasteiger partial charge in [0.05, 0.1) is 0 Å². The molecule has 1 aliphatic rings. The lowest BCUT2D eigenvalue weighted by atomic mass is 10.2. The molecule has 1 heterocycles. The summed E-state index contributed by atoms with van der Waals surface area (Å²) in [7, 11) is 0. The van der Waals surface area contributed by atoms with Crippen LogP contribution in [0.3, 0.4) is 0 Å². The van der Waals surface area contributed by atoms with Crippen molar-refractivity contribution in [2.45, 2.75) is 6.29 Å². The second kappa shape index (κ2) is 4.61. The van der Waals surface area contributed by atoms with Gasteiger partial charge < -0.3 is 11.1 Å². The first kappa shape index (κ1) is 10.4. The predicted octanol–water partition coefficient (Wildman–Crippen LogP) is 0.801. The normalized spacial score (nSPS) is 19.7. The summed E-state index contributed by atoms with van der Waals surface area (Å²) in [6, 6.07) is 9.95. The maximum atomic E-state index is 5.36. The maximum absolute atomic E-state index is 5.36. The molecule has 1 aliphatic heterocycles. The van der Waals surface area contributed by atoms with Gasteiger partial charge in [-0.25, -0.2) is 9.71 Å². The fraction of sp³-hybridized carbons (Fsp3) is 0.111. The van der Waals surface area contributed by atoms with Gasteiger partial charge >= 0.3 is 0 Å². The Balaban J connectivity index is 2.10. The Morgan fingerprint density at radius 1 is 1.47 bits per heavy atom. The van der Waals surface area contributed by atoms with Crippen LogP contribution in [-0.4, -0.2) is 16.4 Å². The Morgan fingerprint density at radius 3 is 2.87 bits per heavy atom. The van der Waals surface area contributed by atoms with Gasteiger partial charge in [-0.2, -0.15) is 0 Å². The number of hydrogen-bond acceptors (Lipinski definition) is 4. The van der Waals surface area contributed by atoms with E-state index in [1.54, 1.807) is 0 Å². The summed E-state index contributed by atoms with van der Waals surface area (Å²) in [4.78, 5) is 4.39. The number of thiocarbonyl (C=S) groups is 1. The van der Waals surface area contributed by atoms with Crippen LogP contribution in [0.2, 0.25) is 0 Å². The quantitative estimate of drug-likeness (QED) is 0.525. The lowest BCUT2D eigenvalue weighted by Crippen LogP contribution is -2.41. The minimum absolute atomic E-state index is 0.234. The molecule has 0 bridgehead atoms. The lowest BCUT2D eigenvalue weighted by Gasteiger charge is -2.07. The van der Waals surface area contributed by atoms with Gasteiger partial charge in [0.1, 0.15) is 5.04 Å². The van der Waals surface area contributed by atoms with E-state index < -0.39 is 0 Å². The predicted molar refractivity (Wildman–Crippen MR) is 67.4 cm³/mol. The average Bonchev–Trinajstić information content (AvgIpc) is 2.67. The highest BCUT2D eigenvalue weighted by Crippen LogP contribution is 2.17. The van der Waals surface area contributed by atoms with Crippen LogP contribution in [-0.2, 0) is 0 Å². The summed E-state index contributed by atoms with van der Waals surface area (Å²) in [5.41, 5.74) is 6.44. The van der Waals surface area contributed by atoms with Crippen LogP contribution < -0.4 is 15.8 Å². The van der Waals surface area contributed by atoms with E-state index in [1.807, 2.05) is 30.3 Å². The Labute approximate surface area is 97.5 Å². The topological polar surface area (TPSA) is 62.4 Å². The number of nitrogens with two attached hydrogens (primary N) is 1. The number of benzene rings is 1. The largest absolute Gasteiger partial charge is 0.376 e. The second-order valence-electron chi connectivity index (χ2n) is 2.93. The molecule has 1 aromatic rings. The summed E-state index contributed by atoms with van der Waals surface area (Å²) in [5.74, 6) is 0. The molecule has 78 valence electrons. The Bertz CT molecular complexity index is 390. The molecule has 4 nitrogen and oxygen atoms in total. The molecule has 0 saturated carbocycles. The van der Waals surface area contributed by atoms with Gasteiger partial charge in [0, 0.05) is 5.56 Å². The number of aliphatic imine (C=N–C) groups is 1. The number of hydrogen-bond donors (Lipinski definition) is 3. The monoisotopic (exact) mass is 238 g/mol. The highest BCUT2D eigenvalue weighted by molar-refractivity contribution is 8.13. The van der Waals surface area contributed by atoms with E-state index in [0.29, 0.717) is 0 Å². The fourth-order valence-corrected chi connectivity index (χ4v) is 2.05. The van der Waals surface area contributed by atoms with Crippen molar-refractivity contribution in [3.8, 4) is 0 Å². The standard InChI is InChI=1S/C9H10N4S2/c10-8(14)12-9-11-7(15-13-9)6-4-2-1-3-5-6/h1-5,9,13H,(H3,10,12,14). The van der Waals surface area contributed by atoms with Crippen molar-refractivity contribution >= 4 is 34.3 Å². The Hall–Kier alpha value is -1.11. The summed E-state index contributed by atoms with van der Waals surface area (Å²) in [6.45, 7) is 0. The van der Waals surface area contributed by atoms with Crippen molar-refractivity contribution in [1.82, 2.24) is 10.0 Å². The van der Waals surface area contributed by atoms with Crippen molar-refractivity contribution < 1.29 is 0 Å². The summed E-state index contributed by atoms with van der Waals surface area (Å²) < 4.78 is 3.07. The molecule has 6 heteroatoms. The van der Waals surface area contributed by atoms with Crippen molar-refractivity contribution in [1.29, 1.82) is 0 Å². The van der Waals surface area contributed by atoms with Gasteiger partial charge in [0.2, 0.25) is 0 Å². The fourth-order valence-electron chi connectivity index (χ4n) is 1.19. The van der Waals surface area contributed by atoms with Crippen molar-refractivity contribution in [2.24, 2.45) is 10.7 Å². The smallest absolute Gasteiger partial charge is 0.186 e. The van der Waals surface area contributed by atoms with E-state index in [0.717, 1.165) is 10.6 Å². The molecule has 0 saturated heterocycles. The first-order valence-electron chi connectivity index (χ1n) is 4.37. The van der Waals surface area contributed by atoms with E-state index >= 15 is 0 Å². The van der Waals surface area contributed by atoms with Gasteiger partial charge in [-0.15, -0.1) is 0 Å². The van der Waals surface area contributed by atoms with Gasteiger partial charge in [-0.1, -0.05) is 30.3 Å². The molecule has 15 heavy (non-hydrogen) atoms. The van der Waals surface area contributed by atoms with Gasteiger partial charge in [0.15, 0.2) is 11.4 Å². The van der Waals surface area contributed by atoms with Crippen LogP contribution in [0.25, 0.3) is 0 Å². The molecular formula is C9H10N4S2. The van der Waals surface area contributed by atoms with E-state index in [1.165, 1.54) is 11.9 Å². The molecule has 1 unspecified atom stereocenters. The molecule has 2 rings (SSSR count). The number of nitrogens with one attached hydrogen (secondary N) is 2. The first-order valence-corrected chi connectivity index (χ1v) is 5.60. The molecule has 1 aromatic carbocycles. The summed E-state index contributed by atoms with van der Waals surface area (Å²) >= 11 is 6.20.